The van der Waals surface area contributed by atoms with Crippen molar-refractivity contribution < 1.29 is 0 Å². The molecule has 0 saturated heterocycles. The van der Waals surface area contributed by atoms with Crippen LogP contribution in [0.2, 0.25) is 0 Å². The number of thiophene rings is 1. The summed E-state index contributed by atoms with van der Waals surface area (Å²) in [5.41, 5.74) is 0. The van der Waals surface area contributed by atoms with E-state index in [9.17, 15) is 0 Å². The van der Waals surface area contributed by atoms with E-state index in [1.807, 2.05) is 17.5 Å². The molecule has 0 radical (unpaired) electrons. The number of aromatic nitrogens is 2. The highest BCUT2D eigenvalue weighted by Gasteiger charge is 1.94. The van der Waals surface area contributed by atoms with Gasteiger partial charge in [-0.05, 0) is 23.6 Å². The van der Waals surface area contributed by atoms with Crippen LogP contribution in [0.15, 0.2) is 36.0 Å². The molecular formula is C8H7N3S. The lowest BCUT2D eigenvalue weighted by Crippen LogP contribution is -1.92. The number of nitrogens with zero attached hydrogens (tertiary/aromatic N) is 2. The summed E-state index contributed by atoms with van der Waals surface area (Å²) in [6, 6.07) is 5.76. The minimum atomic E-state index is 0.639. The van der Waals surface area contributed by atoms with E-state index in [2.05, 4.69) is 15.3 Å². The Morgan fingerprint density at radius 3 is 2.67 bits per heavy atom. The summed E-state index contributed by atoms with van der Waals surface area (Å²) in [5, 5.41) is 6.14. The highest BCUT2D eigenvalue weighted by molar-refractivity contribution is 7.14. The number of nitrogens with one attached hydrogen (secondary N) is 1. The summed E-state index contributed by atoms with van der Waals surface area (Å²) in [6.45, 7) is 0. The molecule has 12 heavy (non-hydrogen) atoms. The lowest BCUT2D eigenvalue weighted by molar-refractivity contribution is 1.17. The van der Waals surface area contributed by atoms with E-state index in [0.29, 0.717) is 5.95 Å². The van der Waals surface area contributed by atoms with Gasteiger partial charge in [0.15, 0.2) is 0 Å². The first kappa shape index (κ1) is 7.24. The zero-order valence-corrected chi connectivity index (χ0v) is 7.08. The summed E-state index contributed by atoms with van der Waals surface area (Å²) < 4.78 is 0. The molecule has 4 heteroatoms. The van der Waals surface area contributed by atoms with Gasteiger partial charge >= 0.3 is 0 Å². The van der Waals surface area contributed by atoms with Crippen LogP contribution in [0.4, 0.5) is 10.9 Å². The third-order valence-corrected chi connectivity index (χ3v) is 2.11. The van der Waals surface area contributed by atoms with E-state index in [4.69, 9.17) is 0 Å². The zero-order chi connectivity index (χ0) is 8.23. The first-order valence-electron chi connectivity index (χ1n) is 3.53. The van der Waals surface area contributed by atoms with Gasteiger partial charge in [0.05, 0.1) is 5.00 Å². The van der Waals surface area contributed by atoms with Gasteiger partial charge < -0.3 is 5.32 Å². The Morgan fingerprint density at radius 1 is 1.17 bits per heavy atom. The molecule has 0 unspecified atom stereocenters. The monoisotopic (exact) mass is 177 g/mol. The van der Waals surface area contributed by atoms with Gasteiger partial charge in [0.2, 0.25) is 5.95 Å². The van der Waals surface area contributed by atoms with E-state index >= 15 is 0 Å². The predicted molar refractivity (Wildman–Crippen MR) is 49.6 cm³/mol. The molecule has 60 valence electrons. The van der Waals surface area contributed by atoms with Crippen LogP contribution >= 0.6 is 11.3 Å². The van der Waals surface area contributed by atoms with Crippen molar-refractivity contribution in [3.8, 4) is 0 Å². The maximum absolute atomic E-state index is 4.04. The molecule has 2 rings (SSSR count). The van der Waals surface area contributed by atoms with E-state index in [1.165, 1.54) is 0 Å². The van der Waals surface area contributed by atoms with Crippen LogP contribution in [0.1, 0.15) is 0 Å². The van der Waals surface area contributed by atoms with Crippen molar-refractivity contribution in [3.05, 3.63) is 36.0 Å². The second-order valence-corrected chi connectivity index (χ2v) is 3.12. The van der Waals surface area contributed by atoms with Gasteiger partial charge in [0.25, 0.3) is 0 Å². The Labute approximate surface area is 74.1 Å². The average Bonchev–Trinajstić information content (AvgIpc) is 2.59. The fourth-order valence-electron chi connectivity index (χ4n) is 0.824. The molecule has 2 aromatic heterocycles. The molecule has 0 fully saturated rings. The first-order valence-corrected chi connectivity index (χ1v) is 4.41. The van der Waals surface area contributed by atoms with Gasteiger partial charge in [-0.25, -0.2) is 9.97 Å². The normalized spacial score (nSPS) is 9.67. The largest absolute Gasteiger partial charge is 0.316 e. The molecule has 0 aromatic carbocycles. The van der Waals surface area contributed by atoms with Gasteiger partial charge in [0.1, 0.15) is 0 Å². The van der Waals surface area contributed by atoms with E-state index in [0.717, 1.165) is 5.00 Å². The van der Waals surface area contributed by atoms with Crippen LogP contribution in [0.3, 0.4) is 0 Å². The Kier molecular flexibility index (Phi) is 2.00. The molecule has 2 heterocycles. The third kappa shape index (κ3) is 1.60. The number of rotatable bonds is 2. The van der Waals surface area contributed by atoms with Gasteiger partial charge in [-0.15, -0.1) is 11.3 Å². The second-order valence-electron chi connectivity index (χ2n) is 2.17. The molecule has 0 bridgehead atoms. The molecule has 3 nitrogen and oxygen atoms in total. The van der Waals surface area contributed by atoms with Crippen molar-refractivity contribution in [1.29, 1.82) is 0 Å². The predicted octanol–water partition coefficient (Wildman–Crippen LogP) is 2.28. The van der Waals surface area contributed by atoms with Crippen LogP contribution in [-0.4, -0.2) is 9.97 Å². The Morgan fingerprint density at radius 2 is 2.00 bits per heavy atom. The molecule has 1 N–H and O–H groups in total. The number of hydrogen-bond donors (Lipinski definition) is 1. The Bertz CT molecular complexity index is 330. The van der Waals surface area contributed by atoms with Crippen LogP contribution in [0.25, 0.3) is 0 Å². The quantitative estimate of drug-likeness (QED) is 0.764. The molecular weight excluding hydrogens is 170 g/mol. The summed E-state index contributed by atoms with van der Waals surface area (Å²) in [5.74, 6) is 0.639. The van der Waals surface area contributed by atoms with Gasteiger partial charge in [-0.2, -0.15) is 0 Å². The lowest BCUT2D eigenvalue weighted by atomic mass is 10.6. The van der Waals surface area contributed by atoms with Crippen LogP contribution < -0.4 is 5.32 Å². The van der Waals surface area contributed by atoms with Gasteiger partial charge in [0, 0.05) is 12.4 Å². The summed E-state index contributed by atoms with van der Waals surface area (Å²) in [6.07, 6.45) is 3.42. The average molecular weight is 177 g/mol. The van der Waals surface area contributed by atoms with Crippen LogP contribution in [0.5, 0.6) is 0 Å². The fourth-order valence-corrected chi connectivity index (χ4v) is 1.43. The summed E-state index contributed by atoms with van der Waals surface area (Å²) in [7, 11) is 0. The fraction of sp³-hybridized carbons (Fsp3) is 0. The SMILES string of the molecule is c1cnc(Nc2cccs2)nc1. The van der Waals surface area contributed by atoms with Gasteiger partial charge in [-0.1, -0.05) is 0 Å². The molecule has 0 aliphatic heterocycles. The maximum Gasteiger partial charge on any atom is 0.227 e. The third-order valence-electron chi connectivity index (χ3n) is 1.32. The molecule has 0 spiro atoms. The van der Waals surface area contributed by atoms with Crippen molar-refractivity contribution in [1.82, 2.24) is 9.97 Å². The lowest BCUT2D eigenvalue weighted by Gasteiger charge is -1.98. The van der Waals surface area contributed by atoms with Crippen molar-refractivity contribution in [2.24, 2.45) is 0 Å². The van der Waals surface area contributed by atoms with E-state index < -0.39 is 0 Å². The Balaban J connectivity index is 2.15. The smallest absolute Gasteiger partial charge is 0.227 e. The molecule has 0 saturated carbocycles. The van der Waals surface area contributed by atoms with Crippen LogP contribution in [-0.2, 0) is 0 Å². The first-order chi connectivity index (χ1) is 5.95. The second kappa shape index (κ2) is 3.32. The summed E-state index contributed by atoms with van der Waals surface area (Å²) in [4.78, 5) is 8.08. The Hall–Kier alpha value is -1.42. The minimum Gasteiger partial charge on any atom is -0.316 e. The van der Waals surface area contributed by atoms with Crippen molar-refractivity contribution in [2.75, 3.05) is 5.32 Å². The summed E-state index contributed by atoms with van der Waals surface area (Å²) >= 11 is 1.63. The number of anilines is 2. The highest BCUT2D eigenvalue weighted by Crippen LogP contribution is 2.17. The molecule has 0 aliphatic carbocycles. The van der Waals surface area contributed by atoms with E-state index in [1.54, 1.807) is 29.8 Å². The van der Waals surface area contributed by atoms with E-state index in [-0.39, 0.29) is 0 Å². The molecule has 0 amide bonds. The molecule has 0 atom stereocenters. The van der Waals surface area contributed by atoms with Gasteiger partial charge in [-0.3, -0.25) is 0 Å². The molecule has 0 aliphatic rings. The standard InChI is InChI=1S/C8H7N3S/c1-3-7(12-6-1)11-8-9-4-2-5-10-8/h1-6H,(H,9,10,11). The van der Waals surface area contributed by atoms with Crippen molar-refractivity contribution >= 4 is 22.3 Å². The van der Waals surface area contributed by atoms with Crippen LogP contribution in [0, 0.1) is 0 Å². The van der Waals surface area contributed by atoms with Crippen molar-refractivity contribution in [3.63, 3.8) is 0 Å². The highest BCUT2D eigenvalue weighted by atomic mass is 32.1. The number of hydrogen-bond acceptors (Lipinski definition) is 4. The minimum absolute atomic E-state index is 0.639. The van der Waals surface area contributed by atoms with Crippen molar-refractivity contribution in [2.45, 2.75) is 0 Å². The zero-order valence-electron chi connectivity index (χ0n) is 6.27. The molecule has 2 aromatic rings. The maximum atomic E-state index is 4.04. The topological polar surface area (TPSA) is 37.8 Å².